The Morgan fingerprint density at radius 1 is 1.22 bits per heavy atom. The van der Waals surface area contributed by atoms with Gasteiger partial charge in [0.2, 0.25) is 5.88 Å². The van der Waals surface area contributed by atoms with Crippen LogP contribution in [0.4, 0.5) is 11.4 Å². The number of rotatable bonds is 4. The Hall–Kier alpha value is -3.52. The number of aromatic nitrogens is 1. The molecule has 0 saturated heterocycles. The van der Waals surface area contributed by atoms with Crippen LogP contribution >= 0.6 is 11.3 Å². The van der Waals surface area contributed by atoms with Crippen molar-refractivity contribution in [3.63, 3.8) is 0 Å². The number of aliphatic imine (C=N–C) groups is 1. The van der Waals surface area contributed by atoms with Crippen LogP contribution in [-0.4, -0.2) is 20.8 Å². The third kappa shape index (κ3) is 3.18. The quantitative estimate of drug-likeness (QED) is 0.550. The van der Waals surface area contributed by atoms with Gasteiger partial charge in [0.15, 0.2) is 0 Å². The van der Waals surface area contributed by atoms with Crippen molar-refractivity contribution in [2.45, 2.75) is 6.54 Å². The van der Waals surface area contributed by atoms with Crippen molar-refractivity contribution in [2.75, 3.05) is 0 Å². The van der Waals surface area contributed by atoms with Crippen LogP contribution in [0, 0.1) is 10.1 Å². The number of benzene rings is 2. The van der Waals surface area contributed by atoms with Crippen LogP contribution in [-0.2, 0) is 6.54 Å². The predicted molar refractivity (Wildman–Crippen MR) is 105 cm³/mol. The Balaban J connectivity index is 1.69. The second kappa shape index (κ2) is 6.65. The van der Waals surface area contributed by atoms with Crippen LogP contribution < -0.4 is 4.87 Å². The Labute approximate surface area is 157 Å². The number of hydrogen-bond acceptors (Lipinski definition) is 6. The molecule has 0 radical (unpaired) electrons. The van der Waals surface area contributed by atoms with Gasteiger partial charge in [-0.15, -0.1) is 0 Å². The smallest absolute Gasteiger partial charge is 0.310 e. The van der Waals surface area contributed by atoms with Gasteiger partial charge in [0.05, 0.1) is 22.0 Å². The van der Waals surface area contributed by atoms with Gasteiger partial charge in [0.1, 0.15) is 0 Å². The standard InChI is InChI=1S/C19H13N3O4S/c23-18-17(9-13-10-20-16-7-2-1-6-15(13)16)27-19(24)21(18)11-12-4-3-5-14(8-12)22(25)26/h1-10,23H,11H2. The molecule has 0 amide bonds. The van der Waals surface area contributed by atoms with Gasteiger partial charge in [-0.1, -0.05) is 41.7 Å². The topological polar surface area (TPSA) is 97.7 Å². The molecule has 7 nitrogen and oxygen atoms in total. The summed E-state index contributed by atoms with van der Waals surface area (Å²) in [7, 11) is 0. The second-order valence-electron chi connectivity index (χ2n) is 5.94. The maximum atomic E-state index is 12.3. The molecule has 0 spiro atoms. The van der Waals surface area contributed by atoms with Gasteiger partial charge < -0.3 is 5.11 Å². The Bertz CT molecular complexity index is 1170. The van der Waals surface area contributed by atoms with Gasteiger partial charge in [0.25, 0.3) is 5.69 Å². The number of thiazole rings is 1. The number of para-hydroxylation sites is 1. The lowest BCUT2D eigenvalue weighted by molar-refractivity contribution is -0.384. The zero-order chi connectivity index (χ0) is 19.0. The highest BCUT2D eigenvalue weighted by Crippen LogP contribution is 2.34. The first-order chi connectivity index (χ1) is 13.0. The van der Waals surface area contributed by atoms with Crippen LogP contribution in [0.5, 0.6) is 5.88 Å². The molecule has 0 fully saturated rings. The molecular weight excluding hydrogens is 366 g/mol. The maximum absolute atomic E-state index is 12.3. The van der Waals surface area contributed by atoms with E-state index in [0.29, 0.717) is 10.4 Å². The minimum absolute atomic E-state index is 0.0523. The summed E-state index contributed by atoms with van der Waals surface area (Å²) in [5, 5.41) is 21.4. The zero-order valence-corrected chi connectivity index (χ0v) is 14.7. The lowest BCUT2D eigenvalue weighted by Gasteiger charge is -2.04. The third-order valence-electron chi connectivity index (χ3n) is 4.20. The van der Waals surface area contributed by atoms with Crippen LogP contribution in [0.25, 0.3) is 11.6 Å². The number of nitro benzene ring substituents is 1. The fourth-order valence-electron chi connectivity index (χ4n) is 2.89. The molecule has 4 rings (SSSR count). The van der Waals surface area contributed by atoms with Gasteiger partial charge in [-0.3, -0.25) is 24.5 Å². The molecular formula is C19H13N3O4S. The molecule has 1 aliphatic rings. The van der Waals surface area contributed by atoms with E-state index in [-0.39, 0.29) is 23.0 Å². The lowest BCUT2D eigenvalue weighted by Crippen LogP contribution is -2.13. The Kier molecular flexibility index (Phi) is 4.17. The van der Waals surface area contributed by atoms with E-state index in [0.717, 1.165) is 28.2 Å². The van der Waals surface area contributed by atoms with E-state index in [1.807, 2.05) is 24.3 Å². The molecule has 0 aliphatic carbocycles. The predicted octanol–water partition coefficient (Wildman–Crippen LogP) is 3.83. The SMILES string of the molecule is O=c1sc(C=C2C=Nc3ccccc32)c(O)n1Cc1cccc([N+](=O)[O-])c1. The van der Waals surface area contributed by atoms with Gasteiger partial charge in [-0.2, -0.15) is 0 Å². The minimum atomic E-state index is -0.494. The molecule has 0 unspecified atom stereocenters. The number of nitrogens with zero attached hydrogens (tertiary/aromatic N) is 3. The van der Waals surface area contributed by atoms with E-state index in [1.54, 1.807) is 24.4 Å². The van der Waals surface area contributed by atoms with Gasteiger partial charge in [0, 0.05) is 29.5 Å². The van der Waals surface area contributed by atoms with E-state index < -0.39 is 4.92 Å². The fourth-order valence-corrected chi connectivity index (χ4v) is 3.73. The van der Waals surface area contributed by atoms with Crippen molar-refractivity contribution >= 4 is 40.6 Å². The molecule has 1 N–H and O–H groups in total. The first kappa shape index (κ1) is 16.9. The van der Waals surface area contributed by atoms with Gasteiger partial charge in [-0.05, 0) is 17.7 Å². The highest BCUT2D eigenvalue weighted by molar-refractivity contribution is 7.10. The molecule has 27 heavy (non-hydrogen) atoms. The largest absolute Gasteiger partial charge is 0.493 e. The molecule has 0 saturated carbocycles. The van der Waals surface area contributed by atoms with Crippen molar-refractivity contribution in [3.8, 4) is 5.88 Å². The van der Waals surface area contributed by atoms with Gasteiger partial charge >= 0.3 is 4.87 Å². The maximum Gasteiger partial charge on any atom is 0.310 e. The third-order valence-corrected chi connectivity index (χ3v) is 5.12. The molecule has 2 aromatic carbocycles. The van der Waals surface area contributed by atoms with Gasteiger partial charge in [-0.25, -0.2) is 0 Å². The summed E-state index contributed by atoms with van der Waals surface area (Å²) in [6.07, 6.45) is 3.42. The second-order valence-corrected chi connectivity index (χ2v) is 6.94. The van der Waals surface area contributed by atoms with Crippen molar-refractivity contribution in [1.29, 1.82) is 0 Å². The molecule has 2 heterocycles. The van der Waals surface area contributed by atoms with Crippen molar-refractivity contribution in [3.05, 3.63) is 84.3 Å². The molecule has 0 atom stereocenters. The molecule has 0 bridgehead atoms. The number of allylic oxidation sites excluding steroid dienone is 1. The van der Waals surface area contributed by atoms with E-state index in [2.05, 4.69) is 4.99 Å². The number of fused-ring (bicyclic) bond motifs is 1. The van der Waals surface area contributed by atoms with Crippen molar-refractivity contribution < 1.29 is 10.0 Å². The average molecular weight is 379 g/mol. The number of non-ortho nitro benzene ring substituents is 1. The Morgan fingerprint density at radius 3 is 2.85 bits per heavy atom. The lowest BCUT2D eigenvalue weighted by atomic mass is 10.1. The van der Waals surface area contributed by atoms with E-state index >= 15 is 0 Å². The first-order valence-electron chi connectivity index (χ1n) is 8.04. The molecule has 134 valence electrons. The van der Waals surface area contributed by atoms with Crippen LogP contribution in [0.3, 0.4) is 0 Å². The molecule has 8 heteroatoms. The first-order valence-corrected chi connectivity index (χ1v) is 8.85. The monoisotopic (exact) mass is 379 g/mol. The van der Waals surface area contributed by atoms with E-state index in [4.69, 9.17) is 0 Å². The van der Waals surface area contributed by atoms with Crippen LogP contribution in [0.1, 0.15) is 16.0 Å². The van der Waals surface area contributed by atoms with E-state index in [1.165, 1.54) is 16.7 Å². The number of hydrogen-bond donors (Lipinski definition) is 1. The normalized spacial score (nSPS) is 13.9. The summed E-state index contributed by atoms with van der Waals surface area (Å²) in [5.41, 5.74) is 3.09. The fraction of sp³-hybridized carbons (Fsp3) is 0.0526. The Morgan fingerprint density at radius 2 is 2.04 bits per heavy atom. The average Bonchev–Trinajstić information content (AvgIpc) is 3.19. The molecule has 3 aromatic rings. The summed E-state index contributed by atoms with van der Waals surface area (Å²) in [6.45, 7) is 0.0523. The number of nitro groups is 1. The minimum Gasteiger partial charge on any atom is -0.493 e. The summed E-state index contributed by atoms with van der Waals surface area (Å²) < 4.78 is 1.20. The van der Waals surface area contributed by atoms with Crippen molar-refractivity contribution in [2.24, 2.45) is 4.99 Å². The van der Waals surface area contributed by atoms with E-state index in [9.17, 15) is 20.0 Å². The number of aromatic hydroxyl groups is 1. The zero-order valence-electron chi connectivity index (χ0n) is 13.9. The molecule has 1 aliphatic heterocycles. The summed E-state index contributed by atoms with van der Waals surface area (Å²) in [6, 6.07) is 13.6. The summed E-state index contributed by atoms with van der Waals surface area (Å²) in [4.78, 5) is 27.1. The van der Waals surface area contributed by atoms with Crippen LogP contribution in [0.2, 0.25) is 0 Å². The summed E-state index contributed by atoms with van der Waals surface area (Å²) in [5.74, 6) is -0.165. The highest BCUT2D eigenvalue weighted by atomic mass is 32.1. The highest BCUT2D eigenvalue weighted by Gasteiger charge is 2.17. The molecule has 1 aromatic heterocycles. The van der Waals surface area contributed by atoms with Crippen LogP contribution in [0.15, 0.2) is 58.3 Å². The van der Waals surface area contributed by atoms with Crippen molar-refractivity contribution in [1.82, 2.24) is 4.57 Å². The summed E-state index contributed by atoms with van der Waals surface area (Å²) >= 11 is 0.918.